The Hall–Kier alpha value is -3.29. The van der Waals surface area contributed by atoms with E-state index in [9.17, 15) is 9.18 Å². The molecule has 3 aromatic rings. The molecule has 1 aliphatic rings. The molecule has 0 N–H and O–H groups in total. The predicted octanol–water partition coefficient (Wildman–Crippen LogP) is 7.03. The summed E-state index contributed by atoms with van der Waals surface area (Å²) < 4.78 is 19.8. The van der Waals surface area contributed by atoms with Crippen molar-refractivity contribution in [2.24, 2.45) is 0 Å². The summed E-state index contributed by atoms with van der Waals surface area (Å²) >= 11 is 1.65. The van der Waals surface area contributed by atoms with Gasteiger partial charge in [-0.15, -0.1) is 11.8 Å². The molecule has 2 nitrogen and oxygen atoms in total. The number of hydrogen-bond donors (Lipinski definition) is 0. The van der Waals surface area contributed by atoms with Gasteiger partial charge in [0.25, 0.3) is 0 Å². The molecule has 0 aliphatic carbocycles. The number of aryl methyl sites for hydroxylation is 1. The molecule has 0 atom stereocenters. The van der Waals surface area contributed by atoms with Crippen LogP contribution >= 0.6 is 11.8 Å². The summed E-state index contributed by atoms with van der Waals surface area (Å²) in [6.07, 6.45) is 2.24. The third kappa shape index (κ3) is 5.21. The lowest BCUT2D eigenvalue weighted by molar-refractivity contribution is 0.0526. The van der Waals surface area contributed by atoms with E-state index < -0.39 is 0 Å². The lowest BCUT2D eigenvalue weighted by Crippen LogP contribution is -2.16. The first-order chi connectivity index (χ1) is 15.8. The van der Waals surface area contributed by atoms with E-state index >= 15 is 0 Å². The zero-order chi connectivity index (χ0) is 23.6. The van der Waals surface area contributed by atoms with Crippen molar-refractivity contribution in [3.8, 4) is 11.8 Å². The Balaban J connectivity index is 1.70. The number of ether oxygens (including phenoxy) is 1. The molecule has 0 unspecified atom stereocenters. The Kier molecular flexibility index (Phi) is 6.44. The second-order valence-corrected chi connectivity index (χ2v) is 10.2. The molecule has 0 aromatic heterocycles. The lowest BCUT2D eigenvalue weighted by Gasteiger charge is -2.29. The smallest absolute Gasteiger partial charge is 0.338 e. The van der Waals surface area contributed by atoms with Gasteiger partial charge in [-0.2, -0.15) is 0 Å². The summed E-state index contributed by atoms with van der Waals surface area (Å²) in [5.74, 6) is 5.29. The van der Waals surface area contributed by atoms with Crippen LogP contribution in [0.4, 0.5) is 4.39 Å². The zero-order valence-corrected chi connectivity index (χ0v) is 20.0. The average Bonchev–Trinajstić information content (AvgIpc) is 2.78. The van der Waals surface area contributed by atoms with Gasteiger partial charge in [0, 0.05) is 15.2 Å². The van der Waals surface area contributed by atoms with Gasteiger partial charge in [-0.25, -0.2) is 9.18 Å². The van der Waals surface area contributed by atoms with Gasteiger partial charge in [0.1, 0.15) is 5.82 Å². The van der Waals surface area contributed by atoms with Crippen LogP contribution in [0.3, 0.4) is 0 Å². The molecule has 4 rings (SSSR count). The second kappa shape index (κ2) is 9.29. The predicted molar refractivity (Wildman–Crippen MR) is 133 cm³/mol. The van der Waals surface area contributed by atoms with Gasteiger partial charge in [0.05, 0.1) is 17.7 Å². The number of carbonyl (C=O) groups excluding carboxylic acids is 1. The van der Waals surface area contributed by atoms with E-state index in [1.54, 1.807) is 49.0 Å². The van der Waals surface area contributed by atoms with E-state index in [1.807, 2.05) is 6.07 Å². The number of thioether (sulfide) groups is 1. The molecule has 0 saturated carbocycles. The standard InChI is InChI=1S/C29H25FO2S/c1-5-32-28(31)22-13-8-20(9-14-22)10-15-23-16-24-25(21-11-6-19(2)7-12-21)18-29(3,4)33-27(24)17-26(23)30/h6-9,11-14,16-18H,5H2,1-4H3. The molecule has 0 saturated heterocycles. The minimum Gasteiger partial charge on any atom is -0.462 e. The van der Waals surface area contributed by atoms with Crippen molar-refractivity contribution in [2.45, 2.75) is 37.3 Å². The van der Waals surface area contributed by atoms with Crippen molar-refractivity contribution in [1.29, 1.82) is 0 Å². The summed E-state index contributed by atoms with van der Waals surface area (Å²) in [5.41, 5.74) is 5.91. The molecule has 4 heteroatoms. The minimum absolute atomic E-state index is 0.145. The molecule has 0 fully saturated rings. The van der Waals surface area contributed by atoms with Crippen molar-refractivity contribution >= 4 is 23.3 Å². The summed E-state index contributed by atoms with van der Waals surface area (Å²) in [4.78, 5) is 12.7. The first kappa shape index (κ1) is 22.9. The fraction of sp³-hybridized carbons (Fsp3) is 0.207. The molecule has 0 spiro atoms. The molecule has 1 heterocycles. The zero-order valence-electron chi connectivity index (χ0n) is 19.2. The van der Waals surface area contributed by atoms with Crippen molar-refractivity contribution in [1.82, 2.24) is 0 Å². The number of esters is 1. The highest BCUT2D eigenvalue weighted by Gasteiger charge is 2.28. The molecular weight excluding hydrogens is 431 g/mol. The number of carbonyl (C=O) groups is 1. The van der Waals surface area contributed by atoms with Gasteiger partial charge in [-0.05, 0) is 80.8 Å². The van der Waals surface area contributed by atoms with Gasteiger partial charge in [0.2, 0.25) is 0 Å². The van der Waals surface area contributed by atoms with E-state index in [4.69, 9.17) is 4.74 Å². The first-order valence-corrected chi connectivity index (χ1v) is 11.7. The van der Waals surface area contributed by atoms with Gasteiger partial charge in [-0.1, -0.05) is 47.7 Å². The Morgan fingerprint density at radius 1 is 1.03 bits per heavy atom. The molecular formula is C29H25FO2S. The van der Waals surface area contributed by atoms with Crippen molar-refractivity contribution in [3.05, 3.63) is 106 Å². The van der Waals surface area contributed by atoms with Crippen LogP contribution in [-0.4, -0.2) is 17.3 Å². The van der Waals surface area contributed by atoms with E-state index in [1.165, 1.54) is 5.56 Å². The number of fused-ring (bicyclic) bond motifs is 1. The van der Waals surface area contributed by atoms with Crippen LogP contribution in [0.1, 0.15) is 58.9 Å². The summed E-state index contributed by atoms with van der Waals surface area (Å²) in [6.45, 7) is 8.44. The lowest BCUT2D eigenvalue weighted by atomic mass is 9.92. The van der Waals surface area contributed by atoms with Crippen LogP contribution in [0.2, 0.25) is 0 Å². The Labute approximate surface area is 198 Å². The third-order valence-corrected chi connectivity index (χ3v) is 6.53. The van der Waals surface area contributed by atoms with Gasteiger partial charge >= 0.3 is 5.97 Å². The normalized spacial score (nSPS) is 13.9. The molecule has 0 amide bonds. The molecule has 166 valence electrons. The largest absolute Gasteiger partial charge is 0.462 e. The monoisotopic (exact) mass is 456 g/mol. The summed E-state index contributed by atoms with van der Waals surface area (Å²) in [5, 5.41) is 0. The number of rotatable bonds is 3. The highest BCUT2D eigenvalue weighted by Crippen LogP contribution is 2.46. The minimum atomic E-state index is -0.367. The maximum atomic E-state index is 15.0. The summed E-state index contributed by atoms with van der Waals surface area (Å²) in [6, 6.07) is 18.7. The highest BCUT2D eigenvalue weighted by atomic mass is 32.2. The second-order valence-electron chi connectivity index (χ2n) is 8.51. The van der Waals surface area contributed by atoms with Crippen LogP contribution in [0.25, 0.3) is 5.57 Å². The van der Waals surface area contributed by atoms with Gasteiger partial charge in [0.15, 0.2) is 0 Å². The number of halogens is 1. The fourth-order valence-corrected chi connectivity index (χ4v) is 4.88. The van der Waals surface area contributed by atoms with E-state index in [2.05, 4.69) is 63.0 Å². The van der Waals surface area contributed by atoms with Crippen LogP contribution in [0.5, 0.6) is 0 Å². The number of hydrogen-bond acceptors (Lipinski definition) is 3. The Morgan fingerprint density at radius 3 is 2.39 bits per heavy atom. The van der Waals surface area contributed by atoms with Gasteiger partial charge < -0.3 is 4.74 Å². The topological polar surface area (TPSA) is 26.3 Å². The SMILES string of the molecule is CCOC(=O)c1ccc(C#Cc2cc3c(cc2F)SC(C)(C)C=C3c2ccc(C)cc2)cc1. The third-order valence-electron chi connectivity index (χ3n) is 5.32. The van der Waals surface area contributed by atoms with Crippen molar-refractivity contribution in [2.75, 3.05) is 6.61 Å². The maximum absolute atomic E-state index is 15.0. The molecule has 0 radical (unpaired) electrons. The van der Waals surface area contributed by atoms with E-state index in [0.29, 0.717) is 23.3 Å². The quantitative estimate of drug-likeness (QED) is 0.313. The highest BCUT2D eigenvalue weighted by molar-refractivity contribution is 8.01. The van der Waals surface area contributed by atoms with Crippen molar-refractivity contribution < 1.29 is 13.9 Å². The molecule has 3 aromatic carbocycles. The van der Waals surface area contributed by atoms with Crippen LogP contribution < -0.4 is 0 Å². The van der Waals surface area contributed by atoms with Gasteiger partial charge in [-0.3, -0.25) is 0 Å². The molecule has 33 heavy (non-hydrogen) atoms. The average molecular weight is 457 g/mol. The van der Waals surface area contributed by atoms with Crippen LogP contribution in [0.15, 0.2) is 71.6 Å². The molecule has 0 bridgehead atoms. The Morgan fingerprint density at radius 2 is 1.73 bits per heavy atom. The maximum Gasteiger partial charge on any atom is 0.338 e. The van der Waals surface area contributed by atoms with Crippen LogP contribution in [-0.2, 0) is 4.74 Å². The van der Waals surface area contributed by atoms with E-state index in [0.717, 1.165) is 21.6 Å². The summed E-state index contributed by atoms with van der Waals surface area (Å²) in [7, 11) is 0. The first-order valence-electron chi connectivity index (χ1n) is 10.9. The van der Waals surface area contributed by atoms with E-state index in [-0.39, 0.29) is 16.5 Å². The molecule has 1 aliphatic heterocycles. The number of benzene rings is 3. The fourth-order valence-electron chi connectivity index (χ4n) is 3.70. The van der Waals surface area contributed by atoms with Crippen molar-refractivity contribution in [3.63, 3.8) is 0 Å². The van der Waals surface area contributed by atoms with Crippen LogP contribution in [0, 0.1) is 24.6 Å². The Bertz CT molecular complexity index is 1290.